The number of halogens is 6. The Kier molecular flexibility index (Phi) is 9.54. The molecule has 1 unspecified atom stereocenters. The highest BCUT2D eigenvalue weighted by Crippen LogP contribution is 2.34. The quantitative estimate of drug-likeness (QED) is 0.353. The van der Waals surface area contributed by atoms with Crippen LogP contribution in [0, 0.1) is 17.2 Å². The molecule has 8 nitrogen and oxygen atoms in total. The Morgan fingerprint density at radius 2 is 1.82 bits per heavy atom. The second-order valence-corrected chi connectivity index (χ2v) is 8.77. The first-order valence-corrected chi connectivity index (χ1v) is 11.8. The maximum absolute atomic E-state index is 13.2. The number of nitrogens with one attached hydrogen (secondary N) is 1. The van der Waals surface area contributed by atoms with Crippen LogP contribution in [0.2, 0.25) is 0 Å². The summed E-state index contributed by atoms with van der Waals surface area (Å²) in [5.41, 5.74) is 6.61. The molecule has 0 saturated carbocycles. The zero-order valence-electron chi connectivity index (χ0n) is 20.8. The Bertz CT molecular complexity index is 1360. The topological polar surface area (TPSA) is 128 Å². The molecule has 0 spiro atoms. The lowest BCUT2D eigenvalue weighted by Crippen LogP contribution is -2.25. The van der Waals surface area contributed by atoms with E-state index in [0.717, 1.165) is 42.6 Å². The summed E-state index contributed by atoms with van der Waals surface area (Å²) in [6.07, 6.45) is -7.05. The fourth-order valence-corrected chi connectivity index (χ4v) is 3.93. The molecule has 212 valence electrons. The van der Waals surface area contributed by atoms with E-state index >= 15 is 0 Å². The Balaban J connectivity index is 0.000000559. The van der Waals surface area contributed by atoms with Crippen molar-refractivity contribution in [1.29, 1.82) is 5.26 Å². The van der Waals surface area contributed by atoms with Crippen molar-refractivity contribution in [2.75, 3.05) is 29.9 Å². The van der Waals surface area contributed by atoms with E-state index in [1.54, 1.807) is 12.3 Å². The van der Waals surface area contributed by atoms with Crippen molar-refractivity contribution in [1.82, 2.24) is 9.97 Å². The summed E-state index contributed by atoms with van der Waals surface area (Å²) in [6, 6.07) is 14.8. The van der Waals surface area contributed by atoms with E-state index in [1.807, 2.05) is 30.3 Å². The Morgan fingerprint density at radius 3 is 2.38 bits per heavy atom. The fraction of sp³-hybridized carbons (Fsp3) is 0.308. The van der Waals surface area contributed by atoms with E-state index in [4.69, 9.17) is 20.6 Å². The van der Waals surface area contributed by atoms with Gasteiger partial charge in [-0.2, -0.15) is 31.6 Å². The molecular weight excluding hydrogens is 542 g/mol. The van der Waals surface area contributed by atoms with Gasteiger partial charge in [0.15, 0.2) is 5.82 Å². The molecule has 1 aliphatic heterocycles. The number of nitrogens with two attached hydrogens (primary N) is 1. The Labute approximate surface area is 225 Å². The fourth-order valence-electron chi connectivity index (χ4n) is 3.93. The van der Waals surface area contributed by atoms with Crippen LogP contribution in [0.3, 0.4) is 0 Å². The van der Waals surface area contributed by atoms with Gasteiger partial charge in [0.1, 0.15) is 5.82 Å². The number of alkyl halides is 6. The average molecular weight is 567 g/mol. The Hall–Kier alpha value is -4.38. The normalized spacial score (nSPS) is 15.2. The summed E-state index contributed by atoms with van der Waals surface area (Å²) in [5.74, 6) is -1.41. The van der Waals surface area contributed by atoms with E-state index in [9.17, 15) is 31.6 Å². The predicted octanol–water partition coefficient (Wildman–Crippen LogP) is 5.06. The van der Waals surface area contributed by atoms with Crippen LogP contribution in [-0.2, 0) is 17.5 Å². The van der Waals surface area contributed by atoms with E-state index < -0.39 is 29.4 Å². The average Bonchev–Trinajstić information content (AvgIpc) is 3.40. The molecule has 4 rings (SSSR count). The first-order chi connectivity index (χ1) is 18.8. The lowest BCUT2D eigenvalue weighted by Gasteiger charge is -2.22. The summed E-state index contributed by atoms with van der Waals surface area (Å²) in [7, 11) is 0. The lowest BCUT2D eigenvalue weighted by atomic mass is 10.0. The van der Waals surface area contributed by atoms with Gasteiger partial charge in [0, 0.05) is 42.6 Å². The highest BCUT2D eigenvalue weighted by Gasteiger charge is 2.38. The second kappa shape index (κ2) is 12.6. The maximum atomic E-state index is 13.2. The number of para-hydroxylation sites is 1. The molecule has 0 amide bonds. The van der Waals surface area contributed by atoms with Crippen molar-refractivity contribution in [3.63, 3.8) is 0 Å². The van der Waals surface area contributed by atoms with Crippen LogP contribution in [0.25, 0.3) is 11.4 Å². The molecule has 14 heteroatoms. The molecule has 4 N–H and O–H groups in total. The number of anilines is 2. The molecule has 0 bridgehead atoms. The molecule has 0 radical (unpaired) electrons. The number of aliphatic carboxylic acids is 1. The molecule has 1 aliphatic rings. The van der Waals surface area contributed by atoms with E-state index in [-0.39, 0.29) is 5.82 Å². The van der Waals surface area contributed by atoms with Gasteiger partial charge in [-0.1, -0.05) is 24.3 Å². The molecule has 3 aromatic rings. The van der Waals surface area contributed by atoms with Crippen LogP contribution in [0.15, 0.2) is 54.7 Å². The zero-order chi connectivity index (χ0) is 29.5. The number of rotatable bonds is 6. The van der Waals surface area contributed by atoms with E-state index in [1.165, 1.54) is 12.1 Å². The third-order valence-electron chi connectivity index (χ3n) is 5.96. The van der Waals surface area contributed by atoms with E-state index in [2.05, 4.69) is 15.2 Å². The molecule has 1 saturated heterocycles. The minimum absolute atomic E-state index is 0.273. The number of carboxylic acids is 1. The van der Waals surface area contributed by atoms with Crippen LogP contribution in [0.1, 0.15) is 23.1 Å². The summed E-state index contributed by atoms with van der Waals surface area (Å²) in [5, 5.41) is 19.7. The van der Waals surface area contributed by atoms with Crippen molar-refractivity contribution in [2.24, 2.45) is 11.7 Å². The smallest absolute Gasteiger partial charge is 0.475 e. The number of nitriles is 1. The van der Waals surface area contributed by atoms with Crippen molar-refractivity contribution in [3.05, 3.63) is 71.4 Å². The zero-order valence-corrected chi connectivity index (χ0v) is 20.8. The molecule has 2 heterocycles. The number of nitrogens with zero attached hydrogens (tertiary/aromatic N) is 4. The van der Waals surface area contributed by atoms with Gasteiger partial charge < -0.3 is 21.1 Å². The molecule has 1 atom stereocenters. The first kappa shape index (κ1) is 30.2. The third kappa shape index (κ3) is 7.82. The minimum atomic E-state index is -5.08. The van der Waals surface area contributed by atoms with Gasteiger partial charge in [-0.25, -0.2) is 14.8 Å². The van der Waals surface area contributed by atoms with Gasteiger partial charge in [0.25, 0.3) is 0 Å². The largest absolute Gasteiger partial charge is 0.490 e. The number of benzene rings is 2. The van der Waals surface area contributed by atoms with Crippen LogP contribution in [0.4, 0.5) is 37.8 Å². The summed E-state index contributed by atoms with van der Waals surface area (Å²) in [6.45, 7) is 2.60. The van der Waals surface area contributed by atoms with Crippen LogP contribution in [0.5, 0.6) is 0 Å². The first-order valence-electron chi connectivity index (χ1n) is 11.8. The number of hydrogen-bond donors (Lipinski definition) is 3. The monoisotopic (exact) mass is 566 g/mol. The molecule has 40 heavy (non-hydrogen) atoms. The summed E-state index contributed by atoms with van der Waals surface area (Å²) < 4.78 is 71.3. The van der Waals surface area contributed by atoms with Gasteiger partial charge in [-0.05, 0) is 43.1 Å². The van der Waals surface area contributed by atoms with Gasteiger partial charge in [0.2, 0.25) is 0 Å². The molecule has 2 aromatic carbocycles. The SMILES string of the molecule is N#Cc1cc(-c2ncc(CNc3ccccc3)c(N3CCC(CN)C3)n2)ccc1C(F)(F)F.O=C(O)C(F)(F)F. The third-order valence-corrected chi connectivity index (χ3v) is 5.96. The standard InChI is InChI=1S/C24H23F3N6.C2HF3O2/c25-24(26,27)21-7-6-17(10-18(21)12-29)22-31-14-19(13-30-20-4-2-1-3-5-20)23(32-22)33-9-8-16(11-28)15-33;3-2(4,5)1(6)7/h1-7,10,14,16,30H,8-9,11,13,15,28H2;(H,6,7). The van der Waals surface area contributed by atoms with Gasteiger partial charge in [-0.15, -0.1) is 0 Å². The second-order valence-electron chi connectivity index (χ2n) is 8.77. The van der Waals surface area contributed by atoms with Crippen molar-refractivity contribution in [3.8, 4) is 17.5 Å². The van der Waals surface area contributed by atoms with Gasteiger partial charge in [-0.3, -0.25) is 0 Å². The number of carbonyl (C=O) groups is 1. The van der Waals surface area contributed by atoms with E-state index in [0.29, 0.717) is 24.6 Å². The van der Waals surface area contributed by atoms with Crippen molar-refractivity contribution in [2.45, 2.75) is 25.3 Å². The highest BCUT2D eigenvalue weighted by molar-refractivity contribution is 5.73. The van der Waals surface area contributed by atoms with Gasteiger partial charge >= 0.3 is 18.3 Å². The van der Waals surface area contributed by atoms with Crippen LogP contribution < -0.4 is 16.0 Å². The highest BCUT2D eigenvalue weighted by atomic mass is 19.4. The maximum Gasteiger partial charge on any atom is 0.490 e. The predicted molar refractivity (Wildman–Crippen MR) is 134 cm³/mol. The molecule has 1 aromatic heterocycles. The van der Waals surface area contributed by atoms with Crippen molar-refractivity contribution < 1.29 is 36.2 Å². The molecule has 0 aliphatic carbocycles. The van der Waals surface area contributed by atoms with Crippen LogP contribution >= 0.6 is 0 Å². The summed E-state index contributed by atoms with van der Waals surface area (Å²) in [4.78, 5) is 20.2. The minimum Gasteiger partial charge on any atom is -0.475 e. The number of carboxylic acid groups (broad SMARTS) is 1. The number of aromatic nitrogens is 2. The summed E-state index contributed by atoms with van der Waals surface area (Å²) >= 11 is 0. The van der Waals surface area contributed by atoms with Crippen LogP contribution in [-0.4, -0.2) is 46.9 Å². The van der Waals surface area contributed by atoms with Gasteiger partial charge in [0.05, 0.1) is 17.2 Å². The number of hydrogen-bond acceptors (Lipinski definition) is 7. The molecule has 1 fully saturated rings. The molecular formula is C26H24F6N6O2. The van der Waals surface area contributed by atoms with Crippen molar-refractivity contribution >= 4 is 17.5 Å². The Morgan fingerprint density at radius 1 is 1.15 bits per heavy atom. The lowest BCUT2D eigenvalue weighted by molar-refractivity contribution is -0.192.